The van der Waals surface area contributed by atoms with E-state index in [1.165, 1.54) is 5.56 Å². The number of piperidine rings is 1. The van der Waals surface area contributed by atoms with Crippen molar-refractivity contribution in [3.8, 4) is 5.75 Å². The lowest BCUT2D eigenvalue weighted by atomic mass is 9.90. The Morgan fingerprint density at radius 2 is 1.81 bits per heavy atom. The van der Waals surface area contributed by atoms with Crippen LogP contribution in [0.15, 0.2) is 54.6 Å². The molecule has 0 radical (unpaired) electrons. The van der Waals surface area contributed by atoms with Crippen LogP contribution in [0.3, 0.4) is 0 Å². The number of rotatable bonds is 7. The zero-order valence-electron chi connectivity index (χ0n) is 17.9. The highest BCUT2D eigenvalue weighted by Crippen LogP contribution is 2.34. The van der Waals surface area contributed by atoms with E-state index in [0.29, 0.717) is 23.3 Å². The molecule has 0 aliphatic carbocycles. The molecule has 3 aromatic rings. The second-order valence-electron chi connectivity index (χ2n) is 7.84. The molecule has 0 bridgehead atoms. The number of hydrogen-bond donors (Lipinski definition) is 2. The number of methoxy groups -OCH3 is 1. The van der Waals surface area contributed by atoms with Gasteiger partial charge in [-0.1, -0.05) is 30.3 Å². The third kappa shape index (κ3) is 4.88. The maximum atomic E-state index is 11.6. The van der Waals surface area contributed by atoms with Crippen LogP contribution in [0.2, 0.25) is 0 Å². The van der Waals surface area contributed by atoms with Crippen LogP contribution in [0.5, 0.6) is 5.75 Å². The molecule has 166 valence electrons. The van der Waals surface area contributed by atoms with Gasteiger partial charge in [-0.15, -0.1) is 0 Å². The number of benzene rings is 2. The standard InChI is InChI=1S/C23H26N6O3/c1-32-19-9-7-18(8-10-19)25-22-20(29(30)31)21(24)26-23(27-22)28-13-11-17(12-14-28)15-16-5-3-2-4-6-16/h2-10,17H,11-15H2,1H3,(H3,24,25,26,27). The summed E-state index contributed by atoms with van der Waals surface area (Å²) in [7, 11) is 1.58. The van der Waals surface area contributed by atoms with E-state index >= 15 is 0 Å². The van der Waals surface area contributed by atoms with Crippen LogP contribution in [-0.2, 0) is 6.42 Å². The van der Waals surface area contributed by atoms with E-state index < -0.39 is 4.92 Å². The number of aromatic nitrogens is 2. The number of nitrogens with two attached hydrogens (primary N) is 1. The molecule has 1 aliphatic heterocycles. The number of ether oxygens (including phenoxy) is 1. The fourth-order valence-corrected chi connectivity index (χ4v) is 3.96. The Kier molecular flexibility index (Phi) is 6.34. The molecule has 0 amide bonds. The van der Waals surface area contributed by atoms with Crippen LogP contribution in [0.1, 0.15) is 18.4 Å². The minimum absolute atomic E-state index is 0.0778. The number of nitrogens with zero attached hydrogens (tertiary/aromatic N) is 4. The third-order valence-electron chi connectivity index (χ3n) is 5.70. The molecular weight excluding hydrogens is 408 g/mol. The number of anilines is 4. The molecular formula is C23H26N6O3. The van der Waals surface area contributed by atoms with Crippen LogP contribution in [-0.4, -0.2) is 35.1 Å². The Bertz CT molecular complexity index is 1070. The van der Waals surface area contributed by atoms with Crippen LogP contribution in [0, 0.1) is 16.0 Å². The Morgan fingerprint density at radius 3 is 2.44 bits per heavy atom. The summed E-state index contributed by atoms with van der Waals surface area (Å²) < 4.78 is 5.16. The van der Waals surface area contributed by atoms with Gasteiger partial charge in [0.15, 0.2) is 0 Å². The zero-order chi connectivity index (χ0) is 22.5. The molecule has 1 aromatic heterocycles. The molecule has 0 spiro atoms. The first-order valence-corrected chi connectivity index (χ1v) is 10.6. The van der Waals surface area contributed by atoms with Gasteiger partial charge in [-0.25, -0.2) is 0 Å². The SMILES string of the molecule is COc1ccc(Nc2nc(N3CCC(Cc4ccccc4)CC3)nc(N)c2[N+](=O)[O-])cc1. The first kappa shape index (κ1) is 21.4. The molecule has 0 atom stereocenters. The number of nitrogens with one attached hydrogen (secondary N) is 1. The molecule has 9 heteroatoms. The topological polar surface area (TPSA) is 119 Å². The van der Waals surface area contributed by atoms with E-state index in [0.717, 1.165) is 32.4 Å². The highest BCUT2D eigenvalue weighted by atomic mass is 16.6. The normalized spacial score (nSPS) is 14.2. The minimum Gasteiger partial charge on any atom is -0.497 e. The number of nitrogen functional groups attached to an aromatic ring is 1. The van der Waals surface area contributed by atoms with Gasteiger partial charge in [0.05, 0.1) is 12.0 Å². The average molecular weight is 435 g/mol. The summed E-state index contributed by atoms with van der Waals surface area (Å²) in [6.45, 7) is 1.55. The quantitative estimate of drug-likeness (QED) is 0.420. The van der Waals surface area contributed by atoms with Gasteiger partial charge in [-0.2, -0.15) is 9.97 Å². The van der Waals surface area contributed by atoms with E-state index in [1.807, 2.05) is 11.0 Å². The number of nitro groups is 1. The van der Waals surface area contributed by atoms with E-state index in [1.54, 1.807) is 31.4 Å². The van der Waals surface area contributed by atoms with E-state index in [9.17, 15) is 10.1 Å². The van der Waals surface area contributed by atoms with Crippen molar-refractivity contribution in [3.05, 3.63) is 70.3 Å². The minimum atomic E-state index is -0.558. The first-order valence-electron chi connectivity index (χ1n) is 10.6. The summed E-state index contributed by atoms with van der Waals surface area (Å²) in [5.41, 5.74) is 7.63. The maximum Gasteiger partial charge on any atom is 0.353 e. The second kappa shape index (κ2) is 9.51. The van der Waals surface area contributed by atoms with Crippen LogP contribution in [0.25, 0.3) is 0 Å². The van der Waals surface area contributed by atoms with Crippen molar-refractivity contribution in [1.82, 2.24) is 9.97 Å². The van der Waals surface area contributed by atoms with E-state index in [4.69, 9.17) is 10.5 Å². The largest absolute Gasteiger partial charge is 0.497 e. The van der Waals surface area contributed by atoms with Crippen LogP contribution >= 0.6 is 0 Å². The Morgan fingerprint density at radius 1 is 1.12 bits per heavy atom. The van der Waals surface area contributed by atoms with Gasteiger partial charge in [0.1, 0.15) is 5.75 Å². The summed E-state index contributed by atoms with van der Waals surface area (Å²) in [6.07, 6.45) is 3.04. The van der Waals surface area contributed by atoms with Crippen molar-refractivity contribution in [2.75, 3.05) is 36.1 Å². The predicted molar refractivity (Wildman–Crippen MR) is 124 cm³/mol. The van der Waals surface area contributed by atoms with E-state index in [-0.39, 0.29) is 17.3 Å². The smallest absolute Gasteiger partial charge is 0.353 e. The van der Waals surface area contributed by atoms with Crippen molar-refractivity contribution in [3.63, 3.8) is 0 Å². The molecule has 9 nitrogen and oxygen atoms in total. The molecule has 3 N–H and O–H groups in total. The monoisotopic (exact) mass is 434 g/mol. The zero-order valence-corrected chi connectivity index (χ0v) is 17.9. The molecule has 2 aromatic carbocycles. The molecule has 1 saturated heterocycles. The Labute approximate surface area is 186 Å². The second-order valence-corrected chi connectivity index (χ2v) is 7.84. The Balaban J connectivity index is 1.51. The summed E-state index contributed by atoms with van der Waals surface area (Å²) in [6, 6.07) is 17.5. The van der Waals surface area contributed by atoms with Gasteiger partial charge in [0.25, 0.3) is 0 Å². The van der Waals surface area contributed by atoms with Gasteiger partial charge in [-0.3, -0.25) is 10.1 Å². The molecule has 1 aliphatic rings. The lowest BCUT2D eigenvalue weighted by Gasteiger charge is -2.32. The molecule has 0 unspecified atom stereocenters. The van der Waals surface area contributed by atoms with Crippen molar-refractivity contribution < 1.29 is 9.66 Å². The summed E-state index contributed by atoms with van der Waals surface area (Å²) in [4.78, 5) is 21.8. The summed E-state index contributed by atoms with van der Waals surface area (Å²) in [5.74, 6) is 1.60. The van der Waals surface area contributed by atoms with Gasteiger partial charge in [0, 0.05) is 18.8 Å². The lowest BCUT2D eigenvalue weighted by Crippen LogP contribution is -2.35. The average Bonchev–Trinajstić information content (AvgIpc) is 2.80. The highest BCUT2D eigenvalue weighted by Gasteiger charge is 2.27. The number of hydrogen-bond acceptors (Lipinski definition) is 8. The van der Waals surface area contributed by atoms with E-state index in [2.05, 4.69) is 39.6 Å². The fraction of sp³-hybridized carbons (Fsp3) is 0.304. The van der Waals surface area contributed by atoms with Crippen LogP contribution in [0.4, 0.5) is 29.0 Å². The third-order valence-corrected chi connectivity index (χ3v) is 5.70. The first-order chi connectivity index (χ1) is 15.5. The van der Waals surface area contributed by atoms with Crippen molar-refractivity contribution >= 4 is 29.0 Å². The molecule has 4 rings (SSSR count). The maximum absolute atomic E-state index is 11.6. The molecule has 0 saturated carbocycles. The lowest BCUT2D eigenvalue weighted by molar-refractivity contribution is -0.383. The molecule has 2 heterocycles. The Hall–Kier alpha value is -3.88. The molecule has 1 fully saturated rings. The van der Waals surface area contributed by atoms with Crippen molar-refractivity contribution in [2.24, 2.45) is 5.92 Å². The van der Waals surface area contributed by atoms with Crippen molar-refractivity contribution in [2.45, 2.75) is 19.3 Å². The summed E-state index contributed by atoms with van der Waals surface area (Å²) >= 11 is 0. The fourth-order valence-electron chi connectivity index (χ4n) is 3.96. The van der Waals surface area contributed by atoms with Gasteiger partial charge in [-0.05, 0) is 55.0 Å². The van der Waals surface area contributed by atoms with Crippen molar-refractivity contribution in [1.29, 1.82) is 0 Å². The highest BCUT2D eigenvalue weighted by molar-refractivity contribution is 5.74. The predicted octanol–water partition coefficient (Wildman–Crippen LogP) is 4.18. The van der Waals surface area contributed by atoms with Gasteiger partial charge >= 0.3 is 5.69 Å². The summed E-state index contributed by atoms with van der Waals surface area (Å²) in [5, 5.41) is 14.6. The molecule has 32 heavy (non-hydrogen) atoms. The van der Waals surface area contributed by atoms with Gasteiger partial charge in [0.2, 0.25) is 17.6 Å². The van der Waals surface area contributed by atoms with Crippen LogP contribution < -0.4 is 20.7 Å². The van der Waals surface area contributed by atoms with Gasteiger partial charge < -0.3 is 20.7 Å².